The summed E-state index contributed by atoms with van der Waals surface area (Å²) in [5.41, 5.74) is 3.79. The van der Waals surface area contributed by atoms with Crippen molar-refractivity contribution in [1.82, 2.24) is 9.47 Å². The summed E-state index contributed by atoms with van der Waals surface area (Å²) < 4.78 is 13.7. The molecule has 4 heteroatoms. The summed E-state index contributed by atoms with van der Waals surface area (Å²) in [7, 11) is 5.64. The minimum absolute atomic E-state index is 0.295. The molecule has 1 aromatic heterocycles. The molecule has 0 bridgehead atoms. The number of rotatable bonds is 5. The Morgan fingerprint density at radius 3 is 2.37 bits per heavy atom. The zero-order valence-electron chi connectivity index (χ0n) is 16.6. The molecule has 3 aromatic rings. The molecule has 1 aliphatic heterocycles. The molecule has 1 aliphatic rings. The molecule has 4 nitrogen and oxygen atoms in total. The van der Waals surface area contributed by atoms with Gasteiger partial charge in [-0.15, -0.1) is 0 Å². The lowest BCUT2D eigenvalue weighted by Crippen LogP contribution is -2.25. The van der Waals surface area contributed by atoms with Gasteiger partial charge in [-0.3, -0.25) is 4.90 Å². The molecular weight excluding hydrogens is 336 g/mol. The van der Waals surface area contributed by atoms with Crippen molar-refractivity contribution < 1.29 is 9.47 Å². The Kier molecular flexibility index (Phi) is 4.83. The highest BCUT2D eigenvalue weighted by atomic mass is 16.5. The predicted molar refractivity (Wildman–Crippen MR) is 109 cm³/mol. The number of hydrogen-bond donors (Lipinski definition) is 0. The fourth-order valence-corrected chi connectivity index (χ4v) is 4.52. The van der Waals surface area contributed by atoms with Gasteiger partial charge in [-0.25, -0.2) is 0 Å². The van der Waals surface area contributed by atoms with E-state index >= 15 is 0 Å². The van der Waals surface area contributed by atoms with Crippen molar-refractivity contribution in [2.75, 3.05) is 20.8 Å². The van der Waals surface area contributed by atoms with Crippen molar-refractivity contribution >= 4 is 10.9 Å². The number of ether oxygens (including phenoxy) is 2. The van der Waals surface area contributed by atoms with E-state index in [9.17, 15) is 0 Å². The molecule has 0 aliphatic carbocycles. The lowest BCUT2D eigenvalue weighted by Gasteiger charge is -2.27. The summed E-state index contributed by atoms with van der Waals surface area (Å²) in [6.07, 6.45) is 1.11. The highest BCUT2D eigenvalue weighted by molar-refractivity contribution is 5.81. The summed E-state index contributed by atoms with van der Waals surface area (Å²) in [5, 5.41) is 1.30. The van der Waals surface area contributed by atoms with Crippen molar-refractivity contribution in [3.63, 3.8) is 0 Å². The first-order valence-electron chi connectivity index (χ1n) is 9.60. The minimum Gasteiger partial charge on any atom is -0.496 e. The molecule has 4 rings (SSSR count). The topological polar surface area (TPSA) is 26.6 Å². The molecule has 2 unspecified atom stereocenters. The van der Waals surface area contributed by atoms with Crippen LogP contribution < -0.4 is 9.47 Å². The van der Waals surface area contributed by atoms with Crippen LogP contribution in [-0.4, -0.2) is 30.2 Å². The normalized spacial score (nSPS) is 20.3. The van der Waals surface area contributed by atoms with E-state index < -0.39 is 0 Å². The molecule has 0 spiro atoms. The maximum atomic E-state index is 5.69. The third kappa shape index (κ3) is 3.19. The van der Waals surface area contributed by atoms with Crippen LogP contribution in [0.1, 0.15) is 30.6 Å². The second-order valence-electron chi connectivity index (χ2n) is 7.62. The van der Waals surface area contributed by atoms with Crippen LogP contribution in [0.5, 0.6) is 11.5 Å². The SMILES string of the molecule is COc1cccc(OC)c1C1CC(C)CN1Cc1cc2ccccc2n1C. The van der Waals surface area contributed by atoms with Gasteiger partial charge in [0.05, 0.1) is 19.8 Å². The third-order valence-corrected chi connectivity index (χ3v) is 5.83. The molecule has 2 aromatic carbocycles. The molecule has 27 heavy (non-hydrogen) atoms. The Bertz CT molecular complexity index is 924. The number of hydrogen-bond acceptors (Lipinski definition) is 3. The first-order valence-corrected chi connectivity index (χ1v) is 9.60. The predicted octanol–water partition coefficient (Wildman–Crippen LogP) is 4.78. The first kappa shape index (κ1) is 17.9. The average molecular weight is 364 g/mol. The van der Waals surface area contributed by atoms with E-state index in [2.05, 4.69) is 53.8 Å². The molecule has 0 N–H and O–H groups in total. The molecule has 1 saturated heterocycles. The maximum Gasteiger partial charge on any atom is 0.127 e. The van der Waals surface area contributed by atoms with Crippen molar-refractivity contribution in [3.8, 4) is 11.5 Å². The lowest BCUT2D eigenvalue weighted by molar-refractivity contribution is 0.230. The Labute approximate surface area is 161 Å². The summed E-state index contributed by atoms with van der Waals surface area (Å²) in [4.78, 5) is 2.57. The number of methoxy groups -OCH3 is 2. The molecule has 0 amide bonds. The van der Waals surface area contributed by atoms with Gasteiger partial charge in [0.25, 0.3) is 0 Å². The number of aromatic nitrogens is 1. The standard InChI is InChI=1S/C23H28N2O2/c1-16-12-20(23-21(26-3)10-7-11-22(23)27-4)25(14-16)15-18-13-17-8-5-6-9-19(17)24(18)2/h5-11,13,16,20H,12,14-15H2,1-4H3. The van der Waals surface area contributed by atoms with Gasteiger partial charge in [-0.1, -0.05) is 31.2 Å². The maximum absolute atomic E-state index is 5.69. The second kappa shape index (κ2) is 7.28. The number of aryl methyl sites for hydroxylation is 1. The summed E-state index contributed by atoms with van der Waals surface area (Å²) in [6.45, 7) is 4.32. The van der Waals surface area contributed by atoms with E-state index in [1.54, 1.807) is 14.2 Å². The van der Waals surface area contributed by atoms with Crippen LogP contribution in [-0.2, 0) is 13.6 Å². The highest BCUT2D eigenvalue weighted by Gasteiger charge is 2.35. The largest absolute Gasteiger partial charge is 0.496 e. The third-order valence-electron chi connectivity index (χ3n) is 5.83. The average Bonchev–Trinajstić information content (AvgIpc) is 3.21. The van der Waals surface area contributed by atoms with Crippen molar-refractivity contribution in [3.05, 3.63) is 59.8 Å². The van der Waals surface area contributed by atoms with Crippen LogP contribution >= 0.6 is 0 Å². The Morgan fingerprint density at radius 1 is 1.00 bits per heavy atom. The van der Waals surface area contributed by atoms with Gasteiger partial charge in [0, 0.05) is 37.4 Å². The van der Waals surface area contributed by atoms with Crippen LogP contribution in [0.2, 0.25) is 0 Å². The Hall–Kier alpha value is -2.46. The zero-order chi connectivity index (χ0) is 19.0. The fourth-order valence-electron chi connectivity index (χ4n) is 4.52. The quantitative estimate of drug-likeness (QED) is 0.652. The van der Waals surface area contributed by atoms with E-state index in [-0.39, 0.29) is 0 Å². The Morgan fingerprint density at radius 2 is 1.70 bits per heavy atom. The van der Waals surface area contributed by atoms with Crippen LogP contribution in [0.25, 0.3) is 10.9 Å². The van der Waals surface area contributed by atoms with Crippen LogP contribution in [0.3, 0.4) is 0 Å². The first-order chi connectivity index (χ1) is 13.1. The fraction of sp³-hybridized carbons (Fsp3) is 0.391. The molecule has 0 saturated carbocycles. The van der Waals surface area contributed by atoms with E-state index in [4.69, 9.17) is 9.47 Å². The molecule has 2 atom stereocenters. The van der Waals surface area contributed by atoms with E-state index in [1.165, 1.54) is 22.2 Å². The molecule has 142 valence electrons. The lowest BCUT2D eigenvalue weighted by atomic mass is 9.99. The number of likely N-dealkylation sites (tertiary alicyclic amines) is 1. The smallest absolute Gasteiger partial charge is 0.127 e. The molecular formula is C23H28N2O2. The zero-order valence-corrected chi connectivity index (χ0v) is 16.6. The van der Waals surface area contributed by atoms with Gasteiger partial charge in [0.1, 0.15) is 11.5 Å². The van der Waals surface area contributed by atoms with Crippen LogP contribution in [0.15, 0.2) is 48.5 Å². The van der Waals surface area contributed by atoms with Crippen LogP contribution in [0.4, 0.5) is 0 Å². The monoisotopic (exact) mass is 364 g/mol. The van der Waals surface area contributed by atoms with Crippen molar-refractivity contribution in [1.29, 1.82) is 0 Å². The van der Waals surface area contributed by atoms with Gasteiger partial charge in [0.15, 0.2) is 0 Å². The minimum atomic E-state index is 0.295. The van der Waals surface area contributed by atoms with E-state index in [1.807, 2.05) is 18.2 Å². The van der Waals surface area contributed by atoms with Gasteiger partial charge in [0.2, 0.25) is 0 Å². The van der Waals surface area contributed by atoms with Gasteiger partial charge in [-0.2, -0.15) is 0 Å². The second-order valence-corrected chi connectivity index (χ2v) is 7.62. The van der Waals surface area contributed by atoms with Crippen LogP contribution in [0, 0.1) is 5.92 Å². The number of fused-ring (bicyclic) bond motifs is 1. The number of nitrogens with zero attached hydrogens (tertiary/aromatic N) is 2. The number of benzene rings is 2. The molecule has 1 fully saturated rings. The molecule has 2 heterocycles. The summed E-state index contributed by atoms with van der Waals surface area (Å²) >= 11 is 0. The van der Waals surface area contributed by atoms with Gasteiger partial charge < -0.3 is 14.0 Å². The van der Waals surface area contributed by atoms with E-state index in [0.29, 0.717) is 12.0 Å². The highest BCUT2D eigenvalue weighted by Crippen LogP contribution is 2.44. The van der Waals surface area contributed by atoms with Gasteiger partial charge >= 0.3 is 0 Å². The van der Waals surface area contributed by atoms with Crippen molar-refractivity contribution in [2.24, 2.45) is 13.0 Å². The summed E-state index contributed by atoms with van der Waals surface area (Å²) in [5.74, 6) is 2.46. The number of para-hydroxylation sites is 1. The summed E-state index contributed by atoms with van der Waals surface area (Å²) in [6, 6.07) is 17.3. The van der Waals surface area contributed by atoms with E-state index in [0.717, 1.165) is 31.0 Å². The van der Waals surface area contributed by atoms with Gasteiger partial charge in [-0.05, 0) is 42.0 Å². The molecule has 0 radical (unpaired) electrons. The van der Waals surface area contributed by atoms with Crippen molar-refractivity contribution in [2.45, 2.75) is 25.9 Å². The Balaban J connectivity index is 1.71.